The quantitative estimate of drug-likeness (QED) is 0.440. The highest BCUT2D eigenvalue weighted by Gasteiger charge is 2.36. The van der Waals surface area contributed by atoms with E-state index in [2.05, 4.69) is 16.0 Å². The number of nitrogens with zero attached hydrogens (tertiary/aromatic N) is 1. The van der Waals surface area contributed by atoms with Crippen LogP contribution in [0.2, 0.25) is 0 Å². The first-order valence-electron chi connectivity index (χ1n) is 5.80. The molecule has 4 amide bonds. The Morgan fingerprint density at radius 3 is 2.47 bits per heavy atom. The first-order valence-corrected chi connectivity index (χ1v) is 5.80. The van der Waals surface area contributed by atoms with Gasteiger partial charge < -0.3 is 21.1 Å². The highest BCUT2D eigenvalue weighted by Crippen LogP contribution is 2.07. The minimum atomic E-state index is -1.18. The number of carboxylic acid groups (broad SMARTS) is 1. The number of hydrogen-bond donors (Lipinski definition) is 4. The van der Waals surface area contributed by atoms with Crippen molar-refractivity contribution >= 4 is 23.8 Å². The van der Waals surface area contributed by atoms with Crippen LogP contribution in [0.15, 0.2) is 0 Å². The molecule has 2 aliphatic heterocycles. The fourth-order valence-corrected chi connectivity index (χ4v) is 2.04. The maximum Gasteiger partial charge on any atom is 0.328 e. The molecule has 0 aromatic heterocycles. The van der Waals surface area contributed by atoms with Gasteiger partial charge in [-0.3, -0.25) is 14.5 Å². The predicted octanol–water partition coefficient (Wildman–Crippen LogP) is -2.53. The molecule has 2 aliphatic rings. The lowest BCUT2D eigenvalue weighted by Crippen LogP contribution is -2.62. The normalized spacial score (nSPS) is 26.6. The van der Waals surface area contributed by atoms with Gasteiger partial charge in [-0.15, -0.1) is 0 Å². The molecule has 19 heavy (non-hydrogen) atoms. The van der Waals surface area contributed by atoms with Crippen molar-refractivity contribution in [1.82, 2.24) is 20.9 Å². The molecule has 2 unspecified atom stereocenters. The third-order valence-electron chi connectivity index (χ3n) is 3.03. The highest BCUT2D eigenvalue weighted by atomic mass is 16.4. The Morgan fingerprint density at radius 1 is 1.21 bits per heavy atom. The number of piperazine rings is 1. The Bertz CT molecular complexity index is 438. The van der Waals surface area contributed by atoms with Crippen molar-refractivity contribution in [3.05, 3.63) is 0 Å². The molecule has 0 aromatic rings. The number of nitrogens with one attached hydrogen (secondary N) is 3. The van der Waals surface area contributed by atoms with Crippen LogP contribution < -0.4 is 16.0 Å². The summed E-state index contributed by atoms with van der Waals surface area (Å²) in [5, 5.41) is 16.5. The summed E-state index contributed by atoms with van der Waals surface area (Å²) in [4.78, 5) is 46.2. The van der Waals surface area contributed by atoms with Gasteiger partial charge in [-0.1, -0.05) is 0 Å². The molecule has 9 heteroatoms. The van der Waals surface area contributed by atoms with Gasteiger partial charge in [-0.05, 0) is 0 Å². The number of hydrogen-bond acceptors (Lipinski definition) is 4. The molecule has 9 nitrogen and oxygen atoms in total. The standard InChI is InChI=1S/C10H14N4O5/c15-7-1-5(2-11-7)13-10(19)14-4-8(16)12-3-6(14)9(17)18/h5-6H,1-4H2,(H,11,15)(H,12,16)(H,13,19)(H,17,18). The van der Waals surface area contributed by atoms with E-state index in [9.17, 15) is 19.2 Å². The smallest absolute Gasteiger partial charge is 0.328 e. The van der Waals surface area contributed by atoms with E-state index in [0.29, 0.717) is 6.54 Å². The zero-order valence-electron chi connectivity index (χ0n) is 10.0. The fraction of sp³-hybridized carbons (Fsp3) is 0.600. The number of carbonyl (C=O) groups excluding carboxylic acids is 3. The van der Waals surface area contributed by atoms with Crippen LogP contribution in [0.1, 0.15) is 6.42 Å². The van der Waals surface area contributed by atoms with E-state index in [1.165, 1.54) is 0 Å². The average Bonchev–Trinajstić information content (AvgIpc) is 2.74. The molecule has 0 spiro atoms. The van der Waals surface area contributed by atoms with Crippen LogP contribution >= 0.6 is 0 Å². The van der Waals surface area contributed by atoms with Crippen LogP contribution in [0.4, 0.5) is 4.79 Å². The number of rotatable bonds is 2. The molecular weight excluding hydrogens is 256 g/mol. The molecule has 0 bridgehead atoms. The van der Waals surface area contributed by atoms with E-state index in [4.69, 9.17) is 5.11 Å². The third kappa shape index (κ3) is 2.92. The number of carboxylic acids is 1. The van der Waals surface area contributed by atoms with Gasteiger partial charge in [0.2, 0.25) is 11.8 Å². The lowest BCUT2D eigenvalue weighted by atomic mass is 10.2. The molecule has 2 fully saturated rings. The van der Waals surface area contributed by atoms with Gasteiger partial charge in [0.1, 0.15) is 12.6 Å². The van der Waals surface area contributed by atoms with Gasteiger partial charge in [0, 0.05) is 19.5 Å². The average molecular weight is 270 g/mol. The summed E-state index contributed by atoms with van der Waals surface area (Å²) in [6.45, 7) is -0.122. The molecule has 2 heterocycles. The van der Waals surface area contributed by atoms with Crippen LogP contribution in [0, 0.1) is 0 Å². The zero-order valence-corrected chi connectivity index (χ0v) is 10.0. The van der Waals surface area contributed by atoms with Gasteiger partial charge in [0.05, 0.1) is 6.04 Å². The topological polar surface area (TPSA) is 128 Å². The second-order valence-electron chi connectivity index (χ2n) is 4.44. The third-order valence-corrected chi connectivity index (χ3v) is 3.03. The maximum atomic E-state index is 12.0. The number of carbonyl (C=O) groups is 4. The maximum absolute atomic E-state index is 12.0. The molecule has 2 saturated heterocycles. The first kappa shape index (κ1) is 13.1. The largest absolute Gasteiger partial charge is 0.480 e. The second kappa shape index (κ2) is 5.12. The Balaban J connectivity index is 2.00. The minimum absolute atomic E-state index is 0.122. The summed E-state index contributed by atoms with van der Waals surface area (Å²) in [5.74, 6) is -1.76. The molecule has 4 N–H and O–H groups in total. The van der Waals surface area contributed by atoms with E-state index in [1.54, 1.807) is 0 Å². The van der Waals surface area contributed by atoms with Crippen molar-refractivity contribution in [2.45, 2.75) is 18.5 Å². The van der Waals surface area contributed by atoms with Crippen LogP contribution in [0.25, 0.3) is 0 Å². The van der Waals surface area contributed by atoms with E-state index in [1.807, 2.05) is 0 Å². The Morgan fingerprint density at radius 2 is 1.89 bits per heavy atom. The summed E-state index contributed by atoms with van der Waals surface area (Å²) in [5.41, 5.74) is 0. The Kier molecular flexibility index (Phi) is 3.54. The van der Waals surface area contributed by atoms with Crippen molar-refractivity contribution in [2.24, 2.45) is 0 Å². The number of amides is 4. The van der Waals surface area contributed by atoms with Gasteiger partial charge in [-0.25, -0.2) is 9.59 Å². The summed E-state index contributed by atoms with van der Waals surface area (Å²) in [6, 6.07) is -2.12. The molecule has 2 atom stereocenters. The molecule has 0 aliphatic carbocycles. The molecule has 2 rings (SSSR count). The lowest BCUT2D eigenvalue weighted by molar-refractivity contribution is -0.144. The molecular formula is C10H14N4O5. The number of urea groups is 1. The van der Waals surface area contributed by atoms with Crippen LogP contribution in [0.3, 0.4) is 0 Å². The SMILES string of the molecule is O=C1CC(NC(=O)N2CC(=O)NCC2C(=O)O)CN1. The van der Waals surface area contributed by atoms with E-state index < -0.39 is 23.9 Å². The van der Waals surface area contributed by atoms with E-state index >= 15 is 0 Å². The molecule has 0 aromatic carbocycles. The Hall–Kier alpha value is -2.32. The zero-order chi connectivity index (χ0) is 14.0. The van der Waals surface area contributed by atoms with Crippen molar-refractivity contribution in [2.75, 3.05) is 19.6 Å². The first-order chi connectivity index (χ1) is 8.97. The van der Waals surface area contributed by atoms with Gasteiger partial charge in [0.25, 0.3) is 0 Å². The van der Waals surface area contributed by atoms with Crippen molar-refractivity contribution < 1.29 is 24.3 Å². The Labute approximate surface area is 108 Å². The summed E-state index contributed by atoms with van der Waals surface area (Å²) in [7, 11) is 0. The molecule has 0 saturated carbocycles. The number of aliphatic carboxylic acids is 1. The summed E-state index contributed by atoms with van der Waals surface area (Å²) in [6.07, 6.45) is 0.156. The van der Waals surface area contributed by atoms with E-state index in [-0.39, 0.29) is 31.5 Å². The predicted molar refractivity (Wildman–Crippen MR) is 61.1 cm³/mol. The molecule has 104 valence electrons. The van der Waals surface area contributed by atoms with Crippen molar-refractivity contribution in [3.8, 4) is 0 Å². The van der Waals surface area contributed by atoms with Gasteiger partial charge in [0.15, 0.2) is 0 Å². The van der Waals surface area contributed by atoms with E-state index in [0.717, 1.165) is 4.90 Å². The van der Waals surface area contributed by atoms with Crippen LogP contribution in [-0.4, -0.2) is 65.5 Å². The minimum Gasteiger partial charge on any atom is -0.480 e. The van der Waals surface area contributed by atoms with Crippen molar-refractivity contribution in [1.29, 1.82) is 0 Å². The lowest BCUT2D eigenvalue weighted by Gasteiger charge is -2.33. The second-order valence-corrected chi connectivity index (χ2v) is 4.44. The van der Waals surface area contributed by atoms with Crippen molar-refractivity contribution in [3.63, 3.8) is 0 Å². The summed E-state index contributed by atoms with van der Waals surface area (Å²) >= 11 is 0. The van der Waals surface area contributed by atoms with Gasteiger partial charge in [-0.2, -0.15) is 0 Å². The summed E-state index contributed by atoms with van der Waals surface area (Å²) < 4.78 is 0. The molecule has 0 radical (unpaired) electrons. The van der Waals surface area contributed by atoms with Crippen LogP contribution in [-0.2, 0) is 14.4 Å². The monoisotopic (exact) mass is 270 g/mol. The van der Waals surface area contributed by atoms with Crippen LogP contribution in [0.5, 0.6) is 0 Å². The van der Waals surface area contributed by atoms with Gasteiger partial charge >= 0.3 is 12.0 Å². The fourth-order valence-electron chi connectivity index (χ4n) is 2.04. The highest BCUT2D eigenvalue weighted by molar-refractivity contribution is 5.91.